The number of hydrogen-bond acceptors (Lipinski definition) is 3. The summed E-state index contributed by atoms with van der Waals surface area (Å²) < 4.78 is 0. The number of nitrogens with zero attached hydrogens (tertiary/aromatic N) is 2. The average Bonchev–Trinajstić information content (AvgIpc) is 3.00. The lowest BCUT2D eigenvalue weighted by Crippen LogP contribution is -2.24. The summed E-state index contributed by atoms with van der Waals surface area (Å²) in [4.78, 5) is 20.3. The standard InChI is InChI=1S/C21H22N2OS/c1-5-19(24)23(18-12-11-14(2)15(3)13-18)21-22-20(16(4)25-21)17-9-7-6-8-10-17/h6-13H,5H2,1-4H3. The van der Waals surface area contributed by atoms with E-state index in [0.717, 1.165) is 27.0 Å². The monoisotopic (exact) mass is 350 g/mol. The van der Waals surface area contributed by atoms with Crippen LogP contribution in [-0.4, -0.2) is 10.9 Å². The van der Waals surface area contributed by atoms with E-state index in [-0.39, 0.29) is 5.91 Å². The van der Waals surface area contributed by atoms with Crippen molar-refractivity contribution in [1.82, 2.24) is 4.98 Å². The van der Waals surface area contributed by atoms with Crippen molar-refractivity contribution in [2.75, 3.05) is 4.90 Å². The molecule has 3 aromatic rings. The summed E-state index contributed by atoms with van der Waals surface area (Å²) in [6.07, 6.45) is 0.437. The molecule has 1 heterocycles. The second-order valence-corrected chi connectivity index (χ2v) is 7.30. The van der Waals surface area contributed by atoms with Crippen LogP contribution in [0.1, 0.15) is 29.3 Å². The number of carbonyl (C=O) groups excluding carboxylic acids is 1. The van der Waals surface area contributed by atoms with Crippen molar-refractivity contribution < 1.29 is 4.79 Å². The van der Waals surface area contributed by atoms with Crippen LogP contribution in [0.5, 0.6) is 0 Å². The highest BCUT2D eigenvalue weighted by Crippen LogP contribution is 2.36. The SMILES string of the molecule is CCC(=O)N(c1ccc(C)c(C)c1)c1nc(-c2ccccc2)c(C)s1. The van der Waals surface area contributed by atoms with Gasteiger partial charge in [0.2, 0.25) is 5.91 Å². The number of benzene rings is 2. The first-order chi connectivity index (χ1) is 12.0. The van der Waals surface area contributed by atoms with Crippen LogP contribution in [-0.2, 0) is 4.79 Å². The summed E-state index contributed by atoms with van der Waals surface area (Å²) in [7, 11) is 0. The predicted molar refractivity (Wildman–Crippen MR) is 106 cm³/mol. The van der Waals surface area contributed by atoms with Gasteiger partial charge in [-0.05, 0) is 44.0 Å². The molecule has 0 saturated carbocycles. The largest absolute Gasteiger partial charge is 0.274 e. The van der Waals surface area contributed by atoms with E-state index in [2.05, 4.69) is 32.9 Å². The Hall–Kier alpha value is -2.46. The van der Waals surface area contributed by atoms with Gasteiger partial charge in [-0.15, -0.1) is 11.3 Å². The van der Waals surface area contributed by atoms with Gasteiger partial charge in [0.15, 0.2) is 5.13 Å². The molecule has 128 valence electrons. The Labute approximate surface area is 153 Å². The fourth-order valence-electron chi connectivity index (χ4n) is 2.73. The maximum absolute atomic E-state index is 12.7. The molecule has 2 aromatic carbocycles. The lowest BCUT2D eigenvalue weighted by atomic mass is 10.1. The topological polar surface area (TPSA) is 33.2 Å². The summed E-state index contributed by atoms with van der Waals surface area (Å²) in [5.41, 5.74) is 5.28. The third-order valence-corrected chi connectivity index (χ3v) is 5.28. The van der Waals surface area contributed by atoms with Gasteiger partial charge in [-0.25, -0.2) is 4.98 Å². The van der Waals surface area contributed by atoms with Crippen molar-refractivity contribution in [2.45, 2.75) is 34.1 Å². The van der Waals surface area contributed by atoms with E-state index in [1.54, 1.807) is 16.2 Å². The Kier molecular flexibility index (Phi) is 5.00. The Morgan fingerprint density at radius 3 is 2.40 bits per heavy atom. The molecule has 0 radical (unpaired) electrons. The molecule has 0 fully saturated rings. The van der Waals surface area contributed by atoms with E-state index >= 15 is 0 Å². The van der Waals surface area contributed by atoms with Crippen LogP contribution in [0.15, 0.2) is 48.5 Å². The van der Waals surface area contributed by atoms with Gasteiger partial charge in [0.25, 0.3) is 0 Å². The van der Waals surface area contributed by atoms with Gasteiger partial charge in [0.05, 0.1) is 11.4 Å². The van der Waals surface area contributed by atoms with Crippen LogP contribution in [0.4, 0.5) is 10.8 Å². The minimum absolute atomic E-state index is 0.0524. The van der Waals surface area contributed by atoms with Gasteiger partial charge in [-0.3, -0.25) is 9.69 Å². The average molecular weight is 350 g/mol. The molecule has 0 saturated heterocycles. The van der Waals surface area contributed by atoms with E-state index in [1.165, 1.54) is 11.1 Å². The minimum atomic E-state index is 0.0524. The molecule has 0 spiro atoms. The van der Waals surface area contributed by atoms with Crippen LogP contribution in [0.3, 0.4) is 0 Å². The van der Waals surface area contributed by atoms with Crippen molar-refractivity contribution >= 4 is 28.1 Å². The summed E-state index contributed by atoms with van der Waals surface area (Å²) in [5, 5.41) is 0.728. The Balaban J connectivity index is 2.09. The zero-order valence-corrected chi connectivity index (χ0v) is 15.9. The third-order valence-electron chi connectivity index (χ3n) is 4.32. The van der Waals surface area contributed by atoms with Gasteiger partial charge in [-0.2, -0.15) is 0 Å². The van der Waals surface area contributed by atoms with E-state index < -0.39 is 0 Å². The van der Waals surface area contributed by atoms with Crippen molar-refractivity contribution in [3.05, 3.63) is 64.5 Å². The molecule has 1 amide bonds. The smallest absolute Gasteiger partial charge is 0.233 e. The molecule has 3 nitrogen and oxygen atoms in total. The summed E-state index contributed by atoms with van der Waals surface area (Å²) in [6.45, 7) is 8.08. The number of anilines is 2. The summed E-state index contributed by atoms with van der Waals surface area (Å²) >= 11 is 1.56. The first-order valence-electron chi connectivity index (χ1n) is 8.44. The fourth-order valence-corrected chi connectivity index (χ4v) is 3.70. The van der Waals surface area contributed by atoms with Gasteiger partial charge in [0, 0.05) is 16.9 Å². The summed E-state index contributed by atoms with van der Waals surface area (Å²) in [5.74, 6) is 0.0524. The molecule has 0 aliphatic carbocycles. The Bertz CT molecular complexity index is 900. The van der Waals surface area contributed by atoms with Gasteiger partial charge in [-0.1, -0.05) is 43.3 Å². The minimum Gasteiger partial charge on any atom is -0.274 e. The molecule has 0 aliphatic rings. The molecular weight excluding hydrogens is 328 g/mol. The van der Waals surface area contributed by atoms with Gasteiger partial charge < -0.3 is 0 Å². The lowest BCUT2D eigenvalue weighted by molar-refractivity contribution is -0.117. The highest BCUT2D eigenvalue weighted by atomic mass is 32.1. The van der Waals surface area contributed by atoms with Gasteiger partial charge >= 0.3 is 0 Å². The van der Waals surface area contributed by atoms with Crippen LogP contribution in [0.25, 0.3) is 11.3 Å². The normalized spacial score (nSPS) is 10.7. The number of amides is 1. The van der Waals surface area contributed by atoms with E-state index in [9.17, 15) is 4.79 Å². The highest BCUT2D eigenvalue weighted by molar-refractivity contribution is 7.16. The van der Waals surface area contributed by atoms with Crippen LogP contribution in [0, 0.1) is 20.8 Å². The van der Waals surface area contributed by atoms with Crippen molar-refractivity contribution in [2.24, 2.45) is 0 Å². The second-order valence-electron chi connectivity index (χ2n) is 6.12. The molecular formula is C21H22N2OS. The van der Waals surface area contributed by atoms with E-state index in [1.807, 2.05) is 43.3 Å². The zero-order chi connectivity index (χ0) is 18.0. The maximum Gasteiger partial charge on any atom is 0.233 e. The fraction of sp³-hybridized carbons (Fsp3) is 0.238. The number of aryl methyl sites for hydroxylation is 3. The number of aromatic nitrogens is 1. The van der Waals surface area contributed by atoms with Crippen LogP contribution in [0.2, 0.25) is 0 Å². The predicted octanol–water partition coefficient (Wildman–Crippen LogP) is 5.81. The van der Waals surface area contributed by atoms with Crippen LogP contribution < -0.4 is 4.90 Å². The number of carbonyl (C=O) groups is 1. The number of thiazole rings is 1. The first-order valence-corrected chi connectivity index (χ1v) is 9.26. The van der Waals surface area contributed by atoms with Crippen molar-refractivity contribution in [1.29, 1.82) is 0 Å². The zero-order valence-electron chi connectivity index (χ0n) is 15.0. The molecule has 0 aliphatic heterocycles. The third kappa shape index (κ3) is 3.49. The molecule has 3 rings (SSSR count). The molecule has 0 atom stereocenters. The van der Waals surface area contributed by atoms with E-state index in [0.29, 0.717) is 6.42 Å². The Morgan fingerprint density at radius 2 is 1.76 bits per heavy atom. The summed E-state index contributed by atoms with van der Waals surface area (Å²) in [6, 6.07) is 16.2. The Morgan fingerprint density at radius 1 is 1.04 bits per heavy atom. The maximum atomic E-state index is 12.7. The lowest BCUT2D eigenvalue weighted by Gasteiger charge is -2.20. The number of hydrogen-bond donors (Lipinski definition) is 0. The van der Waals surface area contributed by atoms with Crippen molar-refractivity contribution in [3.63, 3.8) is 0 Å². The molecule has 4 heteroatoms. The van der Waals surface area contributed by atoms with Gasteiger partial charge in [0.1, 0.15) is 0 Å². The van der Waals surface area contributed by atoms with Crippen molar-refractivity contribution in [3.8, 4) is 11.3 Å². The second kappa shape index (κ2) is 7.19. The molecule has 25 heavy (non-hydrogen) atoms. The van der Waals surface area contributed by atoms with E-state index in [4.69, 9.17) is 4.98 Å². The quantitative estimate of drug-likeness (QED) is 0.595. The number of rotatable bonds is 4. The molecule has 0 N–H and O–H groups in total. The first kappa shape index (κ1) is 17.4. The molecule has 1 aromatic heterocycles. The van der Waals surface area contributed by atoms with Crippen LogP contribution >= 0.6 is 11.3 Å². The molecule has 0 bridgehead atoms. The molecule has 0 unspecified atom stereocenters. The highest BCUT2D eigenvalue weighted by Gasteiger charge is 2.22.